The predicted molar refractivity (Wildman–Crippen MR) is 94.8 cm³/mol. The Kier molecular flexibility index (Phi) is 5.74. The Labute approximate surface area is 148 Å². The summed E-state index contributed by atoms with van der Waals surface area (Å²) in [6.45, 7) is 3.56. The summed E-state index contributed by atoms with van der Waals surface area (Å²) in [7, 11) is 0. The average Bonchev–Trinajstić information content (AvgIpc) is 2.67. The van der Waals surface area contributed by atoms with Crippen LogP contribution >= 0.6 is 0 Å². The van der Waals surface area contributed by atoms with Crippen molar-refractivity contribution in [1.82, 2.24) is 14.9 Å². The van der Waals surface area contributed by atoms with Crippen LogP contribution in [0.1, 0.15) is 47.9 Å². The van der Waals surface area contributed by atoms with E-state index in [2.05, 4.69) is 9.97 Å². The van der Waals surface area contributed by atoms with Crippen LogP contribution in [-0.4, -0.2) is 33.9 Å². The highest BCUT2D eigenvalue weighted by Crippen LogP contribution is 2.23. The minimum atomic E-state index is -0.200. The zero-order valence-electron chi connectivity index (χ0n) is 14.6. The lowest BCUT2D eigenvalue weighted by Gasteiger charge is -2.32. The van der Waals surface area contributed by atoms with Crippen LogP contribution < -0.4 is 0 Å². The fraction of sp³-hybridized carbons (Fsp3) is 0.450. The molecule has 3 rings (SSSR count). The number of aryl methyl sites for hydroxylation is 2. The highest BCUT2D eigenvalue weighted by atomic mass is 19.1. The van der Waals surface area contributed by atoms with E-state index >= 15 is 0 Å². The summed E-state index contributed by atoms with van der Waals surface area (Å²) in [6.07, 6.45) is 8.13. The Morgan fingerprint density at radius 1 is 1.24 bits per heavy atom. The number of hydrogen-bond donors (Lipinski definition) is 0. The first-order valence-electron chi connectivity index (χ1n) is 9.00. The average molecular weight is 341 g/mol. The first-order valence-corrected chi connectivity index (χ1v) is 9.00. The van der Waals surface area contributed by atoms with Crippen molar-refractivity contribution >= 4 is 5.91 Å². The molecule has 0 N–H and O–H groups in total. The Bertz CT molecular complexity index is 700. The smallest absolute Gasteiger partial charge is 0.256 e. The largest absolute Gasteiger partial charge is 0.338 e. The number of rotatable bonds is 5. The number of halogens is 1. The van der Waals surface area contributed by atoms with Gasteiger partial charge in [0.1, 0.15) is 11.6 Å². The highest BCUT2D eigenvalue weighted by Gasteiger charge is 2.24. The second-order valence-electron chi connectivity index (χ2n) is 6.67. The second kappa shape index (κ2) is 8.19. The van der Waals surface area contributed by atoms with Gasteiger partial charge in [-0.1, -0.05) is 19.1 Å². The topological polar surface area (TPSA) is 46.1 Å². The van der Waals surface area contributed by atoms with Gasteiger partial charge < -0.3 is 4.90 Å². The van der Waals surface area contributed by atoms with Crippen molar-refractivity contribution in [3.63, 3.8) is 0 Å². The van der Waals surface area contributed by atoms with Crippen molar-refractivity contribution in [2.24, 2.45) is 5.92 Å². The summed E-state index contributed by atoms with van der Waals surface area (Å²) in [6, 6.07) is 6.69. The molecule has 1 saturated heterocycles. The Balaban J connectivity index is 1.56. The molecular weight excluding hydrogens is 317 g/mol. The van der Waals surface area contributed by atoms with E-state index in [0.717, 1.165) is 56.6 Å². The van der Waals surface area contributed by atoms with Gasteiger partial charge in [0, 0.05) is 31.9 Å². The van der Waals surface area contributed by atoms with Gasteiger partial charge in [-0.25, -0.2) is 14.4 Å². The number of aromatic nitrogens is 2. The lowest BCUT2D eigenvalue weighted by Crippen LogP contribution is -2.40. The summed E-state index contributed by atoms with van der Waals surface area (Å²) in [5.41, 5.74) is 1.71. The van der Waals surface area contributed by atoms with Crippen LogP contribution in [0.4, 0.5) is 4.39 Å². The third-order valence-electron chi connectivity index (χ3n) is 4.83. The summed E-state index contributed by atoms with van der Waals surface area (Å²) in [5, 5.41) is 0. The molecule has 1 amide bonds. The number of nitrogens with zero attached hydrogens (tertiary/aromatic N) is 3. The SMILES string of the molecule is CCc1ncc(C(=O)N2CCC[C@H](CCc3ccc(F)cc3)C2)cn1. The van der Waals surface area contributed by atoms with Gasteiger partial charge in [-0.3, -0.25) is 4.79 Å². The number of carbonyl (C=O) groups excluding carboxylic acids is 1. The minimum Gasteiger partial charge on any atom is -0.338 e. The maximum atomic E-state index is 13.0. The number of benzene rings is 1. The maximum absolute atomic E-state index is 13.0. The molecule has 0 radical (unpaired) electrons. The van der Waals surface area contributed by atoms with Gasteiger partial charge in [0.15, 0.2) is 0 Å². The number of carbonyl (C=O) groups is 1. The molecule has 2 aromatic rings. The third-order valence-corrected chi connectivity index (χ3v) is 4.83. The van der Waals surface area contributed by atoms with Crippen LogP contribution in [0.15, 0.2) is 36.7 Å². The van der Waals surface area contributed by atoms with Crippen molar-refractivity contribution in [2.75, 3.05) is 13.1 Å². The summed E-state index contributed by atoms with van der Waals surface area (Å²) in [4.78, 5) is 23.0. The van der Waals surface area contributed by atoms with Crippen LogP contribution in [0.25, 0.3) is 0 Å². The highest BCUT2D eigenvalue weighted by molar-refractivity contribution is 5.93. The van der Waals surface area contributed by atoms with Gasteiger partial charge in [0.2, 0.25) is 0 Å². The fourth-order valence-corrected chi connectivity index (χ4v) is 3.34. The van der Waals surface area contributed by atoms with Gasteiger partial charge in [-0.05, 0) is 49.3 Å². The normalized spacial score (nSPS) is 17.5. The molecular formula is C20H24FN3O. The minimum absolute atomic E-state index is 0.0223. The summed E-state index contributed by atoms with van der Waals surface area (Å²) >= 11 is 0. The fourth-order valence-electron chi connectivity index (χ4n) is 3.34. The van der Waals surface area contributed by atoms with Crippen LogP contribution in [0, 0.1) is 11.7 Å². The third kappa shape index (κ3) is 4.62. The molecule has 1 aromatic carbocycles. The van der Waals surface area contributed by atoms with Crippen molar-refractivity contribution in [2.45, 2.75) is 39.0 Å². The quantitative estimate of drug-likeness (QED) is 0.834. The van der Waals surface area contributed by atoms with Crippen molar-refractivity contribution in [1.29, 1.82) is 0 Å². The van der Waals surface area contributed by atoms with Crippen LogP contribution in [0.3, 0.4) is 0 Å². The summed E-state index contributed by atoms with van der Waals surface area (Å²) in [5.74, 6) is 1.06. The lowest BCUT2D eigenvalue weighted by molar-refractivity contribution is 0.0667. The zero-order chi connectivity index (χ0) is 17.6. The molecule has 25 heavy (non-hydrogen) atoms. The van der Waals surface area contributed by atoms with Crippen LogP contribution in [0.5, 0.6) is 0 Å². The Morgan fingerprint density at radius 2 is 1.96 bits per heavy atom. The Morgan fingerprint density at radius 3 is 2.64 bits per heavy atom. The Hall–Kier alpha value is -2.30. The first-order chi connectivity index (χ1) is 12.2. The number of likely N-dealkylation sites (tertiary alicyclic amines) is 1. The molecule has 1 aliphatic heterocycles. The van der Waals surface area contributed by atoms with E-state index in [9.17, 15) is 9.18 Å². The molecule has 1 atom stereocenters. The number of amides is 1. The molecule has 0 unspecified atom stereocenters. The number of piperidine rings is 1. The van der Waals surface area contributed by atoms with Crippen molar-refractivity contribution in [3.05, 3.63) is 59.4 Å². The van der Waals surface area contributed by atoms with Gasteiger partial charge in [-0.15, -0.1) is 0 Å². The molecule has 1 aromatic heterocycles. The summed E-state index contributed by atoms with van der Waals surface area (Å²) < 4.78 is 13.0. The van der Waals surface area contributed by atoms with Crippen molar-refractivity contribution < 1.29 is 9.18 Å². The molecule has 1 aliphatic rings. The molecule has 1 fully saturated rings. The zero-order valence-corrected chi connectivity index (χ0v) is 14.6. The molecule has 0 aliphatic carbocycles. The van der Waals surface area contributed by atoms with E-state index in [1.807, 2.05) is 24.0 Å². The van der Waals surface area contributed by atoms with E-state index in [-0.39, 0.29) is 11.7 Å². The predicted octanol–water partition coefficient (Wildman–Crippen LogP) is 3.66. The van der Waals surface area contributed by atoms with Crippen molar-refractivity contribution in [3.8, 4) is 0 Å². The molecule has 0 spiro atoms. The van der Waals surface area contributed by atoms with Crippen LogP contribution in [-0.2, 0) is 12.8 Å². The lowest BCUT2D eigenvalue weighted by atomic mass is 9.91. The molecule has 2 heterocycles. The number of hydrogen-bond acceptors (Lipinski definition) is 3. The molecule has 4 nitrogen and oxygen atoms in total. The van der Waals surface area contributed by atoms with Gasteiger partial charge >= 0.3 is 0 Å². The second-order valence-corrected chi connectivity index (χ2v) is 6.67. The van der Waals surface area contributed by atoms with E-state index in [4.69, 9.17) is 0 Å². The maximum Gasteiger partial charge on any atom is 0.256 e. The van der Waals surface area contributed by atoms with Crippen LogP contribution in [0.2, 0.25) is 0 Å². The first kappa shape index (κ1) is 17.5. The van der Waals surface area contributed by atoms with E-state index in [1.165, 1.54) is 12.1 Å². The van der Waals surface area contributed by atoms with Gasteiger partial charge in [-0.2, -0.15) is 0 Å². The van der Waals surface area contributed by atoms with E-state index in [0.29, 0.717) is 11.5 Å². The monoisotopic (exact) mass is 341 g/mol. The van der Waals surface area contributed by atoms with Gasteiger partial charge in [0.25, 0.3) is 5.91 Å². The molecule has 132 valence electrons. The van der Waals surface area contributed by atoms with E-state index < -0.39 is 0 Å². The standard InChI is InChI=1S/C20H24FN3O/c1-2-19-22-12-17(13-23-19)20(25)24-11-3-4-16(14-24)6-5-15-7-9-18(21)10-8-15/h7-10,12-13,16H,2-6,11,14H2,1H3/t16-/m1/s1. The molecule has 0 bridgehead atoms. The molecule has 5 heteroatoms. The van der Waals surface area contributed by atoms with Gasteiger partial charge in [0.05, 0.1) is 5.56 Å². The molecule has 0 saturated carbocycles. The van der Waals surface area contributed by atoms with E-state index in [1.54, 1.807) is 12.4 Å².